The van der Waals surface area contributed by atoms with E-state index in [2.05, 4.69) is 36.0 Å². The summed E-state index contributed by atoms with van der Waals surface area (Å²) in [4.78, 5) is 16.2. The Labute approximate surface area is 104 Å². The summed E-state index contributed by atoms with van der Waals surface area (Å²) in [6.45, 7) is 7.14. The number of ether oxygens (including phenoxy) is 1. The highest BCUT2D eigenvalue weighted by Gasteiger charge is 2.29. The second-order valence-electron chi connectivity index (χ2n) is 4.95. The molecule has 0 saturated carbocycles. The fourth-order valence-electron chi connectivity index (χ4n) is 2.35. The van der Waals surface area contributed by atoms with E-state index in [4.69, 9.17) is 4.74 Å². The number of hydrogen-bond donors (Lipinski definition) is 1. The number of rotatable bonds is 4. The molecule has 3 atom stereocenters. The van der Waals surface area contributed by atoms with Crippen molar-refractivity contribution in [3.63, 3.8) is 0 Å². The lowest BCUT2D eigenvalue weighted by atomic mass is 10.1. The molecule has 1 aliphatic rings. The van der Waals surface area contributed by atoms with E-state index in [0.29, 0.717) is 18.6 Å². The lowest BCUT2D eigenvalue weighted by molar-refractivity contribution is -0.143. The molecule has 1 rings (SSSR count). The van der Waals surface area contributed by atoms with Gasteiger partial charge in [-0.15, -0.1) is 0 Å². The second-order valence-corrected chi connectivity index (χ2v) is 4.95. The van der Waals surface area contributed by atoms with Crippen molar-refractivity contribution in [2.45, 2.75) is 32.0 Å². The lowest BCUT2D eigenvalue weighted by Gasteiger charge is -2.43. The Kier molecular flexibility index (Phi) is 5.36. The topological polar surface area (TPSA) is 44.8 Å². The minimum absolute atomic E-state index is 0.188. The lowest BCUT2D eigenvalue weighted by Crippen LogP contribution is -2.58. The van der Waals surface area contributed by atoms with Crippen molar-refractivity contribution in [1.82, 2.24) is 15.1 Å². The summed E-state index contributed by atoms with van der Waals surface area (Å²) >= 11 is 0. The standard InChI is InChI=1S/C12H25N3O2/c1-9-6-15(7-10(2)14(9)4)8-11(13-3)12(16)17-5/h9-11,13H,6-8H2,1-5H3. The van der Waals surface area contributed by atoms with Gasteiger partial charge in [-0.1, -0.05) is 0 Å². The number of hydrogen-bond acceptors (Lipinski definition) is 5. The van der Waals surface area contributed by atoms with Crippen molar-refractivity contribution in [2.75, 3.05) is 40.8 Å². The van der Waals surface area contributed by atoms with Crippen LogP contribution >= 0.6 is 0 Å². The molecule has 0 radical (unpaired) electrons. The van der Waals surface area contributed by atoms with E-state index in [0.717, 1.165) is 13.1 Å². The zero-order chi connectivity index (χ0) is 13.0. The second kappa shape index (κ2) is 6.33. The van der Waals surface area contributed by atoms with Gasteiger partial charge in [0.2, 0.25) is 0 Å². The predicted molar refractivity (Wildman–Crippen MR) is 68.0 cm³/mol. The molecule has 0 amide bonds. The number of carbonyl (C=O) groups excluding carboxylic acids is 1. The van der Waals surface area contributed by atoms with Crippen LogP contribution in [0.1, 0.15) is 13.8 Å². The molecule has 0 bridgehead atoms. The Hall–Kier alpha value is -0.650. The molecule has 17 heavy (non-hydrogen) atoms. The van der Waals surface area contributed by atoms with Gasteiger partial charge in [0, 0.05) is 31.7 Å². The van der Waals surface area contributed by atoms with E-state index in [-0.39, 0.29) is 12.0 Å². The third-order valence-electron chi connectivity index (χ3n) is 3.71. The Balaban J connectivity index is 2.53. The maximum atomic E-state index is 11.5. The number of carbonyl (C=O) groups is 1. The Bertz CT molecular complexity index is 248. The van der Waals surface area contributed by atoms with Gasteiger partial charge < -0.3 is 10.1 Å². The summed E-state index contributed by atoms with van der Waals surface area (Å²) in [5.41, 5.74) is 0. The molecule has 3 unspecified atom stereocenters. The third-order valence-corrected chi connectivity index (χ3v) is 3.71. The van der Waals surface area contributed by atoms with Crippen LogP contribution in [0.25, 0.3) is 0 Å². The minimum atomic E-state index is -0.234. The molecule has 0 aromatic carbocycles. The van der Waals surface area contributed by atoms with Crippen LogP contribution in [0, 0.1) is 0 Å². The molecule has 5 heteroatoms. The highest BCUT2D eigenvalue weighted by atomic mass is 16.5. The molecule has 5 nitrogen and oxygen atoms in total. The first kappa shape index (κ1) is 14.4. The number of piperazine rings is 1. The van der Waals surface area contributed by atoms with Crippen molar-refractivity contribution in [3.05, 3.63) is 0 Å². The maximum Gasteiger partial charge on any atom is 0.324 e. The number of nitrogens with one attached hydrogen (secondary N) is 1. The zero-order valence-electron chi connectivity index (χ0n) is 11.6. The van der Waals surface area contributed by atoms with Gasteiger partial charge in [-0.05, 0) is 27.9 Å². The van der Waals surface area contributed by atoms with Gasteiger partial charge in [-0.2, -0.15) is 0 Å². The molecule has 1 saturated heterocycles. The van der Waals surface area contributed by atoms with E-state index < -0.39 is 0 Å². The summed E-state index contributed by atoms with van der Waals surface area (Å²) in [5.74, 6) is -0.188. The number of esters is 1. The quantitative estimate of drug-likeness (QED) is 0.691. The van der Waals surface area contributed by atoms with Crippen LogP contribution in [0.4, 0.5) is 0 Å². The van der Waals surface area contributed by atoms with Gasteiger partial charge in [0.25, 0.3) is 0 Å². The number of methoxy groups -OCH3 is 1. The van der Waals surface area contributed by atoms with Gasteiger partial charge in [-0.3, -0.25) is 14.6 Å². The molecule has 0 aromatic rings. The highest BCUT2D eigenvalue weighted by Crippen LogP contribution is 2.13. The van der Waals surface area contributed by atoms with Crippen molar-refractivity contribution >= 4 is 5.97 Å². The van der Waals surface area contributed by atoms with Crippen LogP contribution in [0.3, 0.4) is 0 Å². The summed E-state index contributed by atoms with van der Waals surface area (Å²) in [7, 11) is 5.38. The molecule has 1 heterocycles. The third kappa shape index (κ3) is 3.66. The molecular weight excluding hydrogens is 218 g/mol. The van der Waals surface area contributed by atoms with E-state index in [9.17, 15) is 4.79 Å². The van der Waals surface area contributed by atoms with Crippen molar-refractivity contribution < 1.29 is 9.53 Å². The molecule has 0 aliphatic carbocycles. The van der Waals surface area contributed by atoms with Crippen molar-refractivity contribution in [1.29, 1.82) is 0 Å². The number of likely N-dealkylation sites (N-methyl/N-ethyl adjacent to an activating group) is 2. The predicted octanol–water partition coefficient (Wildman–Crippen LogP) is -0.228. The highest BCUT2D eigenvalue weighted by molar-refractivity contribution is 5.75. The molecule has 100 valence electrons. The first-order chi connectivity index (χ1) is 7.99. The smallest absolute Gasteiger partial charge is 0.324 e. The average Bonchev–Trinajstić information content (AvgIpc) is 2.31. The molecule has 0 aromatic heterocycles. The normalized spacial score (nSPS) is 29.0. The minimum Gasteiger partial charge on any atom is -0.468 e. The fraction of sp³-hybridized carbons (Fsp3) is 0.917. The molecular formula is C12H25N3O2. The molecule has 1 aliphatic heterocycles. The molecule has 0 spiro atoms. The van der Waals surface area contributed by atoms with Crippen LogP contribution < -0.4 is 5.32 Å². The Morgan fingerprint density at radius 2 is 1.94 bits per heavy atom. The van der Waals surface area contributed by atoms with Crippen LogP contribution in [-0.4, -0.2) is 74.7 Å². The van der Waals surface area contributed by atoms with Gasteiger partial charge in [-0.25, -0.2) is 0 Å². The monoisotopic (exact) mass is 243 g/mol. The van der Waals surface area contributed by atoms with Crippen molar-refractivity contribution in [2.24, 2.45) is 0 Å². The zero-order valence-corrected chi connectivity index (χ0v) is 11.6. The number of nitrogens with zero attached hydrogens (tertiary/aromatic N) is 2. The maximum absolute atomic E-state index is 11.5. The summed E-state index contributed by atoms with van der Waals surface area (Å²) in [6, 6.07) is 0.811. The first-order valence-electron chi connectivity index (χ1n) is 6.19. The van der Waals surface area contributed by atoms with E-state index in [1.165, 1.54) is 7.11 Å². The van der Waals surface area contributed by atoms with Crippen LogP contribution in [0.5, 0.6) is 0 Å². The van der Waals surface area contributed by atoms with Crippen LogP contribution in [-0.2, 0) is 9.53 Å². The Morgan fingerprint density at radius 3 is 2.35 bits per heavy atom. The largest absolute Gasteiger partial charge is 0.468 e. The van der Waals surface area contributed by atoms with Crippen LogP contribution in [0.15, 0.2) is 0 Å². The van der Waals surface area contributed by atoms with Gasteiger partial charge >= 0.3 is 5.97 Å². The molecule has 1 N–H and O–H groups in total. The Morgan fingerprint density at radius 1 is 1.41 bits per heavy atom. The first-order valence-corrected chi connectivity index (χ1v) is 6.19. The summed E-state index contributed by atoms with van der Waals surface area (Å²) in [6.07, 6.45) is 0. The average molecular weight is 243 g/mol. The molecule has 1 fully saturated rings. The van der Waals surface area contributed by atoms with E-state index in [1.807, 2.05) is 0 Å². The van der Waals surface area contributed by atoms with E-state index >= 15 is 0 Å². The van der Waals surface area contributed by atoms with Gasteiger partial charge in [0.1, 0.15) is 6.04 Å². The SMILES string of the molecule is CNC(CN1CC(C)N(C)C(C)C1)C(=O)OC. The van der Waals surface area contributed by atoms with E-state index in [1.54, 1.807) is 7.05 Å². The fourth-order valence-corrected chi connectivity index (χ4v) is 2.35. The van der Waals surface area contributed by atoms with Crippen LogP contribution in [0.2, 0.25) is 0 Å². The van der Waals surface area contributed by atoms with Crippen molar-refractivity contribution in [3.8, 4) is 0 Å². The summed E-state index contributed by atoms with van der Waals surface area (Å²) < 4.78 is 4.78. The summed E-state index contributed by atoms with van der Waals surface area (Å²) in [5, 5.41) is 3.01. The van der Waals surface area contributed by atoms with Gasteiger partial charge in [0.15, 0.2) is 0 Å². The van der Waals surface area contributed by atoms with Gasteiger partial charge in [0.05, 0.1) is 7.11 Å².